The zero-order valence-electron chi connectivity index (χ0n) is 15.5. The van der Waals surface area contributed by atoms with Crippen LogP contribution in [-0.2, 0) is 16.0 Å². The van der Waals surface area contributed by atoms with Crippen LogP contribution in [0.25, 0.3) is 0 Å². The van der Waals surface area contributed by atoms with Gasteiger partial charge < -0.3 is 19.7 Å². The predicted octanol–water partition coefficient (Wildman–Crippen LogP) is 0.488. The number of carboxylic acids is 1. The maximum Gasteiger partial charge on any atom is 0.490 e. The molecule has 2 amide bonds. The minimum absolute atomic E-state index is 0.119. The molecule has 0 atom stereocenters. The van der Waals surface area contributed by atoms with Gasteiger partial charge in [-0.1, -0.05) is 0 Å². The van der Waals surface area contributed by atoms with E-state index in [0.717, 1.165) is 0 Å². The Balaban J connectivity index is 0.000000396. The molecule has 1 aliphatic rings. The molecule has 0 spiro atoms. The van der Waals surface area contributed by atoms with Crippen molar-refractivity contribution in [3.63, 3.8) is 0 Å². The molecule has 0 aromatic carbocycles. The monoisotopic (exact) mass is 430 g/mol. The van der Waals surface area contributed by atoms with Crippen molar-refractivity contribution in [2.24, 2.45) is 0 Å². The maximum absolute atomic E-state index is 12.2. The number of furan rings is 1. The van der Waals surface area contributed by atoms with Crippen molar-refractivity contribution in [1.29, 1.82) is 0 Å². The van der Waals surface area contributed by atoms with Crippen molar-refractivity contribution in [3.05, 3.63) is 51.8 Å². The lowest BCUT2D eigenvalue weighted by Crippen LogP contribution is -2.61. The molecule has 3 heterocycles. The summed E-state index contributed by atoms with van der Waals surface area (Å²) in [6.07, 6.45) is -3.41. The molecule has 13 heteroatoms. The number of nitrogens with zero attached hydrogens (tertiary/aromatic N) is 2. The molecule has 1 fully saturated rings. The quantitative estimate of drug-likeness (QED) is 0.640. The second kappa shape index (κ2) is 9.24. The number of halogens is 3. The molecule has 0 bridgehead atoms. The number of aromatic amines is 1. The molecule has 2 aromatic rings. The summed E-state index contributed by atoms with van der Waals surface area (Å²) < 4.78 is 36.8. The molecular weight excluding hydrogens is 413 g/mol. The zero-order chi connectivity index (χ0) is 22.5. The highest BCUT2D eigenvalue weighted by Crippen LogP contribution is 2.13. The van der Waals surface area contributed by atoms with Crippen molar-refractivity contribution < 1.29 is 37.1 Å². The van der Waals surface area contributed by atoms with Crippen molar-refractivity contribution in [2.45, 2.75) is 25.6 Å². The molecule has 0 radical (unpaired) electrons. The summed E-state index contributed by atoms with van der Waals surface area (Å²) in [5.74, 6) is -2.76. The van der Waals surface area contributed by atoms with Gasteiger partial charge in [-0.2, -0.15) is 18.3 Å². The zero-order valence-corrected chi connectivity index (χ0v) is 15.5. The second-order valence-corrected chi connectivity index (χ2v) is 6.30. The Hall–Kier alpha value is -3.64. The SMILES string of the molecule is Cc1cc(=O)c(C(=O)N2CC(NC(=O)Cc3ccco3)C2)n[nH]1.O=C(O)C(F)(F)F. The van der Waals surface area contributed by atoms with Gasteiger partial charge >= 0.3 is 12.1 Å². The first-order chi connectivity index (χ1) is 14.0. The summed E-state index contributed by atoms with van der Waals surface area (Å²) in [6.45, 7) is 2.41. The number of likely N-dealkylation sites (tertiary alicyclic amines) is 1. The third-order valence-electron chi connectivity index (χ3n) is 3.82. The number of carboxylic acid groups (broad SMARTS) is 1. The Kier molecular flexibility index (Phi) is 6.97. The van der Waals surface area contributed by atoms with Gasteiger partial charge in [0.05, 0.1) is 18.7 Å². The van der Waals surface area contributed by atoms with Crippen molar-refractivity contribution in [2.75, 3.05) is 13.1 Å². The normalized spacial score (nSPS) is 13.7. The Morgan fingerprint density at radius 2 is 2.00 bits per heavy atom. The van der Waals surface area contributed by atoms with E-state index in [2.05, 4.69) is 15.5 Å². The third kappa shape index (κ3) is 6.18. The first-order valence-electron chi connectivity index (χ1n) is 8.45. The molecule has 10 nitrogen and oxygen atoms in total. The number of amides is 2. The fourth-order valence-electron chi connectivity index (χ4n) is 2.39. The van der Waals surface area contributed by atoms with Gasteiger partial charge in [0.15, 0.2) is 5.69 Å². The van der Waals surface area contributed by atoms with E-state index in [1.807, 2.05) is 0 Å². The molecule has 3 rings (SSSR count). The Morgan fingerprint density at radius 3 is 2.50 bits per heavy atom. The van der Waals surface area contributed by atoms with Crippen molar-refractivity contribution in [3.8, 4) is 0 Å². The van der Waals surface area contributed by atoms with Crippen LogP contribution in [0.2, 0.25) is 0 Å². The average molecular weight is 430 g/mol. The highest BCUT2D eigenvalue weighted by atomic mass is 19.4. The van der Waals surface area contributed by atoms with Crippen LogP contribution in [0.3, 0.4) is 0 Å². The van der Waals surface area contributed by atoms with E-state index < -0.39 is 23.5 Å². The fraction of sp³-hybridized carbons (Fsp3) is 0.353. The highest BCUT2D eigenvalue weighted by Gasteiger charge is 2.38. The fourth-order valence-corrected chi connectivity index (χ4v) is 2.39. The lowest BCUT2D eigenvalue weighted by Gasteiger charge is -2.39. The predicted molar refractivity (Wildman–Crippen MR) is 93.5 cm³/mol. The van der Waals surface area contributed by atoms with Crippen LogP contribution < -0.4 is 10.7 Å². The van der Waals surface area contributed by atoms with Gasteiger partial charge in [-0.05, 0) is 19.1 Å². The summed E-state index contributed by atoms with van der Waals surface area (Å²) in [5.41, 5.74) is 0.0609. The highest BCUT2D eigenvalue weighted by molar-refractivity contribution is 5.92. The first kappa shape index (κ1) is 22.6. The number of hydrogen-bond donors (Lipinski definition) is 3. The second-order valence-electron chi connectivity index (χ2n) is 6.30. The molecule has 1 aliphatic heterocycles. The molecule has 30 heavy (non-hydrogen) atoms. The van der Waals surface area contributed by atoms with Gasteiger partial charge in [-0.3, -0.25) is 19.5 Å². The summed E-state index contributed by atoms with van der Waals surface area (Å²) in [4.78, 5) is 46.1. The van der Waals surface area contributed by atoms with Crippen LogP contribution in [0.15, 0.2) is 33.7 Å². The molecule has 162 valence electrons. The van der Waals surface area contributed by atoms with Gasteiger partial charge in [0.2, 0.25) is 11.3 Å². The van der Waals surface area contributed by atoms with E-state index in [0.29, 0.717) is 24.5 Å². The summed E-state index contributed by atoms with van der Waals surface area (Å²) in [7, 11) is 0. The Labute approximate surface area is 166 Å². The first-order valence-corrected chi connectivity index (χ1v) is 8.45. The number of H-pyrrole nitrogens is 1. The number of rotatable bonds is 4. The summed E-state index contributed by atoms with van der Waals surface area (Å²) >= 11 is 0. The van der Waals surface area contributed by atoms with E-state index in [1.54, 1.807) is 19.1 Å². The molecule has 0 unspecified atom stereocenters. The minimum Gasteiger partial charge on any atom is -0.475 e. The molecular formula is C17H17F3N4O6. The van der Waals surface area contributed by atoms with Gasteiger partial charge in [0, 0.05) is 24.8 Å². The van der Waals surface area contributed by atoms with Gasteiger partial charge in [0.1, 0.15) is 5.76 Å². The summed E-state index contributed by atoms with van der Waals surface area (Å²) in [5, 5.41) is 16.3. The maximum atomic E-state index is 12.2. The van der Waals surface area contributed by atoms with Gasteiger partial charge in [-0.15, -0.1) is 0 Å². The number of aryl methyl sites for hydroxylation is 1. The topological polar surface area (TPSA) is 146 Å². The minimum atomic E-state index is -5.08. The van der Waals surface area contributed by atoms with Crippen molar-refractivity contribution >= 4 is 17.8 Å². The summed E-state index contributed by atoms with van der Waals surface area (Å²) in [6, 6.07) is 4.66. The largest absolute Gasteiger partial charge is 0.490 e. The van der Waals surface area contributed by atoms with Crippen LogP contribution in [0.5, 0.6) is 0 Å². The van der Waals surface area contributed by atoms with Crippen LogP contribution in [0.4, 0.5) is 13.2 Å². The Bertz CT molecular complexity index is 965. The van der Waals surface area contributed by atoms with Crippen LogP contribution in [-0.4, -0.2) is 63.3 Å². The third-order valence-corrected chi connectivity index (χ3v) is 3.82. The number of nitrogens with one attached hydrogen (secondary N) is 2. The number of aliphatic carboxylic acids is 1. The standard InChI is InChI=1S/C15H16N4O4.C2HF3O2/c1-9-5-12(20)14(18-17-9)15(22)19-7-10(8-19)16-13(21)6-11-3-2-4-23-11;3-2(4,5)1(6)7/h2-5,10H,6-8H2,1H3,(H,16,21)(H,17,20);(H,6,7). The van der Waals surface area contributed by atoms with E-state index in [-0.39, 0.29) is 24.1 Å². The van der Waals surface area contributed by atoms with E-state index in [9.17, 15) is 27.6 Å². The Morgan fingerprint density at radius 1 is 1.37 bits per heavy atom. The average Bonchev–Trinajstić information content (AvgIpc) is 3.10. The molecule has 3 N–H and O–H groups in total. The van der Waals surface area contributed by atoms with Crippen LogP contribution in [0.1, 0.15) is 21.9 Å². The smallest absolute Gasteiger partial charge is 0.475 e. The lowest BCUT2D eigenvalue weighted by atomic mass is 10.1. The lowest BCUT2D eigenvalue weighted by molar-refractivity contribution is -0.192. The van der Waals surface area contributed by atoms with Crippen molar-refractivity contribution in [1.82, 2.24) is 20.4 Å². The molecule has 2 aromatic heterocycles. The van der Waals surface area contributed by atoms with Crippen LogP contribution >= 0.6 is 0 Å². The van der Waals surface area contributed by atoms with E-state index in [1.165, 1.54) is 17.2 Å². The number of carbonyl (C=O) groups excluding carboxylic acids is 2. The van der Waals surface area contributed by atoms with E-state index in [4.69, 9.17) is 14.3 Å². The van der Waals surface area contributed by atoms with Gasteiger partial charge in [0.25, 0.3) is 5.91 Å². The van der Waals surface area contributed by atoms with E-state index >= 15 is 0 Å². The molecule has 1 saturated heterocycles. The number of hydrogen-bond acceptors (Lipinski definition) is 6. The number of carbonyl (C=O) groups is 3. The molecule has 0 aliphatic carbocycles. The number of alkyl halides is 3. The molecule has 0 saturated carbocycles. The van der Waals surface area contributed by atoms with Crippen LogP contribution in [0, 0.1) is 6.92 Å². The van der Waals surface area contributed by atoms with Gasteiger partial charge in [-0.25, -0.2) is 4.79 Å². The number of aromatic nitrogens is 2.